The molecule has 0 saturated carbocycles. The van der Waals surface area contributed by atoms with E-state index < -0.39 is 35.6 Å². The third-order valence-electron chi connectivity index (χ3n) is 1.89. The van der Waals surface area contributed by atoms with Crippen molar-refractivity contribution >= 4 is 11.9 Å². The minimum atomic E-state index is -2.27. The van der Waals surface area contributed by atoms with Crippen molar-refractivity contribution in [1.82, 2.24) is 0 Å². The van der Waals surface area contributed by atoms with Crippen molar-refractivity contribution < 1.29 is 27.8 Å². The van der Waals surface area contributed by atoms with Crippen LogP contribution in [0.15, 0.2) is 12.2 Å². The SMILES string of the molecule is COC(=O)C(N)(CC=C(F)F)C(=O)OC(C)(C)C. The summed E-state index contributed by atoms with van der Waals surface area (Å²) in [5.74, 6) is -2.24. The Labute approximate surface area is 104 Å². The molecule has 0 aliphatic carbocycles. The van der Waals surface area contributed by atoms with Gasteiger partial charge in [-0.25, -0.2) is 9.59 Å². The normalized spacial score (nSPS) is 14.4. The monoisotopic (exact) mass is 265 g/mol. The predicted molar refractivity (Wildman–Crippen MR) is 59.7 cm³/mol. The number of hydrogen-bond acceptors (Lipinski definition) is 5. The van der Waals surface area contributed by atoms with Gasteiger partial charge in [-0.2, -0.15) is 8.78 Å². The van der Waals surface area contributed by atoms with Crippen LogP contribution < -0.4 is 5.73 Å². The molecule has 7 heteroatoms. The number of carbonyl (C=O) groups excluding carboxylic acids is 2. The molecule has 2 N–H and O–H groups in total. The van der Waals surface area contributed by atoms with E-state index >= 15 is 0 Å². The maximum atomic E-state index is 12.0. The van der Waals surface area contributed by atoms with Crippen LogP contribution in [0.1, 0.15) is 27.2 Å². The van der Waals surface area contributed by atoms with Crippen LogP contribution in [0, 0.1) is 0 Å². The number of methoxy groups -OCH3 is 1. The first kappa shape index (κ1) is 16.5. The van der Waals surface area contributed by atoms with Crippen LogP contribution >= 0.6 is 0 Å². The lowest BCUT2D eigenvalue weighted by molar-refractivity contribution is -0.170. The fourth-order valence-electron chi connectivity index (χ4n) is 1.04. The Morgan fingerprint density at radius 1 is 1.22 bits per heavy atom. The second-order valence-corrected chi connectivity index (χ2v) is 4.66. The van der Waals surface area contributed by atoms with Crippen molar-refractivity contribution in [3.8, 4) is 0 Å². The van der Waals surface area contributed by atoms with Gasteiger partial charge in [-0.05, 0) is 26.8 Å². The number of nitrogens with two attached hydrogens (primary N) is 1. The van der Waals surface area contributed by atoms with E-state index in [1.165, 1.54) is 0 Å². The van der Waals surface area contributed by atoms with E-state index in [-0.39, 0.29) is 0 Å². The fraction of sp³-hybridized carbons (Fsp3) is 0.636. The zero-order valence-corrected chi connectivity index (χ0v) is 10.8. The minimum Gasteiger partial charge on any atom is -0.467 e. The molecule has 0 amide bonds. The van der Waals surface area contributed by atoms with Crippen LogP contribution in [0.3, 0.4) is 0 Å². The van der Waals surface area contributed by atoms with Crippen molar-refractivity contribution in [2.75, 3.05) is 7.11 Å². The lowest BCUT2D eigenvalue weighted by Gasteiger charge is -2.28. The summed E-state index contributed by atoms with van der Waals surface area (Å²) >= 11 is 0. The van der Waals surface area contributed by atoms with E-state index in [0.29, 0.717) is 6.08 Å². The number of esters is 2. The maximum Gasteiger partial charge on any atom is 0.338 e. The van der Waals surface area contributed by atoms with Gasteiger partial charge >= 0.3 is 11.9 Å². The molecule has 0 spiro atoms. The van der Waals surface area contributed by atoms with Crippen molar-refractivity contribution in [3.63, 3.8) is 0 Å². The molecule has 0 bridgehead atoms. The molecular formula is C11H17F2NO4. The Bertz CT molecular complexity index is 359. The van der Waals surface area contributed by atoms with Crippen molar-refractivity contribution in [3.05, 3.63) is 12.2 Å². The van der Waals surface area contributed by atoms with E-state index in [1.807, 2.05) is 0 Å². The van der Waals surface area contributed by atoms with Gasteiger partial charge in [0.15, 0.2) is 0 Å². The lowest BCUT2D eigenvalue weighted by atomic mass is 9.96. The summed E-state index contributed by atoms with van der Waals surface area (Å²) in [5, 5.41) is 0. The minimum absolute atomic E-state index is 0.376. The molecule has 0 aromatic carbocycles. The van der Waals surface area contributed by atoms with Gasteiger partial charge in [0.1, 0.15) is 5.60 Å². The van der Waals surface area contributed by atoms with Crippen LogP contribution in [0.5, 0.6) is 0 Å². The van der Waals surface area contributed by atoms with Gasteiger partial charge in [-0.3, -0.25) is 0 Å². The molecule has 1 unspecified atom stereocenters. The zero-order valence-electron chi connectivity index (χ0n) is 10.8. The summed E-state index contributed by atoms with van der Waals surface area (Å²) in [6.45, 7) is 4.69. The smallest absolute Gasteiger partial charge is 0.338 e. The van der Waals surface area contributed by atoms with E-state index in [1.54, 1.807) is 20.8 Å². The Morgan fingerprint density at radius 2 is 1.72 bits per heavy atom. The van der Waals surface area contributed by atoms with Gasteiger partial charge in [0, 0.05) is 6.42 Å². The molecule has 0 fully saturated rings. The van der Waals surface area contributed by atoms with Gasteiger partial charge in [-0.1, -0.05) is 0 Å². The molecule has 0 heterocycles. The largest absolute Gasteiger partial charge is 0.467 e. The molecule has 0 aliphatic rings. The molecule has 5 nitrogen and oxygen atoms in total. The summed E-state index contributed by atoms with van der Waals surface area (Å²) in [5.41, 5.74) is 2.36. The average Bonchev–Trinajstić information content (AvgIpc) is 2.22. The molecule has 0 rings (SSSR count). The average molecular weight is 265 g/mol. The Hall–Kier alpha value is -1.50. The first-order chi connectivity index (χ1) is 8.03. The van der Waals surface area contributed by atoms with Gasteiger partial charge < -0.3 is 15.2 Å². The van der Waals surface area contributed by atoms with Crippen LogP contribution in [0.25, 0.3) is 0 Å². The number of rotatable bonds is 4. The van der Waals surface area contributed by atoms with E-state index in [2.05, 4.69) is 4.74 Å². The van der Waals surface area contributed by atoms with Gasteiger partial charge in [0.2, 0.25) is 5.54 Å². The van der Waals surface area contributed by atoms with Crippen molar-refractivity contribution in [1.29, 1.82) is 0 Å². The van der Waals surface area contributed by atoms with Gasteiger partial charge in [0.25, 0.3) is 6.08 Å². The predicted octanol–water partition coefficient (Wildman–Crippen LogP) is 1.37. The van der Waals surface area contributed by atoms with E-state index in [4.69, 9.17) is 10.5 Å². The van der Waals surface area contributed by atoms with E-state index in [9.17, 15) is 18.4 Å². The maximum absolute atomic E-state index is 12.0. The van der Waals surface area contributed by atoms with Crippen LogP contribution in [-0.2, 0) is 19.1 Å². The molecule has 0 radical (unpaired) electrons. The highest BCUT2D eigenvalue weighted by Crippen LogP contribution is 2.19. The summed E-state index contributed by atoms with van der Waals surface area (Å²) < 4.78 is 33.3. The quantitative estimate of drug-likeness (QED) is 0.613. The van der Waals surface area contributed by atoms with Gasteiger partial charge in [-0.15, -0.1) is 0 Å². The molecule has 0 aromatic heterocycles. The topological polar surface area (TPSA) is 78.6 Å². The molecule has 1 atom stereocenters. The number of ether oxygens (including phenoxy) is 2. The summed E-state index contributed by atoms with van der Waals surface area (Å²) in [4.78, 5) is 23.2. The van der Waals surface area contributed by atoms with Crippen LogP contribution in [0.4, 0.5) is 8.78 Å². The second kappa shape index (κ2) is 5.90. The summed E-state index contributed by atoms with van der Waals surface area (Å²) in [6.07, 6.45) is -2.37. The van der Waals surface area contributed by atoms with Gasteiger partial charge in [0.05, 0.1) is 7.11 Å². The molecule has 104 valence electrons. The third kappa shape index (κ3) is 4.79. The third-order valence-corrected chi connectivity index (χ3v) is 1.89. The first-order valence-corrected chi connectivity index (χ1v) is 5.15. The highest BCUT2D eigenvalue weighted by atomic mass is 19.3. The number of halogens is 2. The standard InChI is InChI=1S/C11H17F2NO4/c1-10(2,3)18-9(16)11(14,8(15)17-4)6-5-7(12)13/h5H,6,14H2,1-4H3. The molecule has 0 aromatic rings. The van der Waals surface area contributed by atoms with Crippen LogP contribution in [-0.4, -0.2) is 30.2 Å². The lowest BCUT2D eigenvalue weighted by Crippen LogP contribution is -2.57. The molecule has 0 saturated heterocycles. The highest BCUT2D eigenvalue weighted by molar-refractivity contribution is 6.05. The van der Waals surface area contributed by atoms with Crippen molar-refractivity contribution in [2.24, 2.45) is 5.73 Å². The zero-order chi connectivity index (χ0) is 14.6. The molecular weight excluding hydrogens is 248 g/mol. The second-order valence-electron chi connectivity index (χ2n) is 4.66. The Kier molecular flexibility index (Phi) is 5.41. The van der Waals surface area contributed by atoms with Crippen molar-refractivity contribution in [2.45, 2.75) is 38.3 Å². The molecule has 18 heavy (non-hydrogen) atoms. The first-order valence-electron chi connectivity index (χ1n) is 5.15. The van der Waals surface area contributed by atoms with E-state index in [0.717, 1.165) is 7.11 Å². The molecule has 0 aliphatic heterocycles. The fourth-order valence-corrected chi connectivity index (χ4v) is 1.04. The Morgan fingerprint density at radius 3 is 2.06 bits per heavy atom. The van der Waals surface area contributed by atoms with Crippen LogP contribution in [0.2, 0.25) is 0 Å². The number of hydrogen-bond donors (Lipinski definition) is 1. The highest BCUT2D eigenvalue weighted by Gasteiger charge is 2.45. The summed E-state index contributed by atoms with van der Waals surface area (Å²) in [7, 11) is 1.00. The number of carbonyl (C=O) groups is 2. The summed E-state index contributed by atoms with van der Waals surface area (Å²) in [6, 6.07) is 0. The Balaban J connectivity index is 5.16.